The number of hydrogen-bond acceptors (Lipinski definition) is 6. The Morgan fingerprint density at radius 1 is 1.18 bits per heavy atom. The Balaban J connectivity index is 2.06. The van der Waals surface area contributed by atoms with Crippen LogP contribution < -0.4 is 0 Å². The van der Waals surface area contributed by atoms with E-state index in [-0.39, 0.29) is 37.1 Å². The molecular weight excluding hydrogens is 401 g/mol. The largest absolute Gasteiger partial charge is 0.374 e. The van der Waals surface area contributed by atoms with Gasteiger partial charge in [0.1, 0.15) is 5.16 Å². The molecule has 2 atom stereocenters. The molecule has 2 aliphatic heterocycles. The van der Waals surface area contributed by atoms with Crippen LogP contribution in [0.4, 0.5) is 0 Å². The molecule has 0 aromatic heterocycles. The molecule has 2 aliphatic rings. The van der Waals surface area contributed by atoms with Crippen LogP contribution in [0, 0.1) is 12.8 Å². The number of benzene rings is 1. The van der Waals surface area contributed by atoms with Gasteiger partial charge in [-0.15, -0.1) is 0 Å². The van der Waals surface area contributed by atoms with Crippen molar-refractivity contribution in [1.29, 1.82) is 0 Å². The summed E-state index contributed by atoms with van der Waals surface area (Å²) in [5, 5.41) is -1.05. The van der Waals surface area contributed by atoms with Gasteiger partial charge in [-0.2, -0.15) is 4.31 Å². The molecule has 0 unspecified atom stereocenters. The second-order valence-corrected chi connectivity index (χ2v) is 12.1. The van der Waals surface area contributed by atoms with E-state index >= 15 is 0 Å². The molecule has 1 aromatic carbocycles. The van der Waals surface area contributed by atoms with Gasteiger partial charge in [-0.25, -0.2) is 8.42 Å². The van der Waals surface area contributed by atoms with Crippen LogP contribution in [0.5, 0.6) is 0 Å². The van der Waals surface area contributed by atoms with Gasteiger partial charge in [-0.3, -0.25) is 4.57 Å². The number of sulfonamides is 1. The summed E-state index contributed by atoms with van der Waals surface area (Å²) < 4.78 is 59.3. The summed E-state index contributed by atoms with van der Waals surface area (Å²) in [4.78, 5) is 0.231. The van der Waals surface area contributed by atoms with E-state index in [1.807, 2.05) is 20.8 Å². The fraction of sp³-hybridized carbons (Fsp3) is 0.684. The van der Waals surface area contributed by atoms with E-state index in [4.69, 9.17) is 13.8 Å². The minimum Gasteiger partial charge on any atom is -0.374 e. The van der Waals surface area contributed by atoms with Crippen LogP contribution in [0.1, 0.15) is 33.3 Å². The molecule has 0 saturated carbocycles. The monoisotopic (exact) mass is 431 g/mol. The lowest BCUT2D eigenvalue weighted by Crippen LogP contribution is -2.52. The van der Waals surface area contributed by atoms with Crippen LogP contribution in [-0.4, -0.2) is 56.4 Å². The van der Waals surface area contributed by atoms with Crippen LogP contribution in [0.25, 0.3) is 0 Å². The first-order valence-corrected chi connectivity index (χ1v) is 12.6. The van der Waals surface area contributed by atoms with Gasteiger partial charge in [0.15, 0.2) is 0 Å². The molecule has 0 bridgehead atoms. The lowest BCUT2D eigenvalue weighted by atomic mass is 9.85. The van der Waals surface area contributed by atoms with Gasteiger partial charge in [0, 0.05) is 19.0 Å². The van der Waals surface area contributed by atoms with E-state index in [0.717, 1.165) is 5.56 Å². The van der Waals surface area contributed by atoms with E-state index in [2.05, 4.69) is 0 Å². The van der Waals surface area contributed by atoms with Crippen molar-refractivity contribution >= 4 is 17.6 Å². The van der Waals surface area contributed by atoms with Crippen molar-refractivity contribution in [3.8, 4) is 0 Å². The predicted octanol–water partition coefficient (Wildman–Crippen LogP) is 3.43. The molecule has 28 heavy (non-hydrogen) atoms. The summed E-state index contributed by atoms with van der Waals surface area (Å²) in [5.74, 6) is -0.272. The summed E-state index contributed by atoms with van der Waals surface area (Å²) >= 11 is 0. The van der Waals surface area contributed by atoms with Gasteiger partial charge in [-0.1, -0.05) is 17.7 Å². The molecule has 2 fully saturated rings. The van der Waals surface area contributed by atoms with Crippen molar-refractivity contribution in [1.82, 2.24) is 4.31 Å². The lowest BCUT2D eigenvalue weighted by molar-refractivity contribution is 0.00621. The quantitative estimate of drug-likeness (QED) is 0.615. The second kappa shape index (κ2) is 7.49. The van der Waals surface area contributed by atoms with Crippen molar-refractivity contribution in [2.24, 2.45) is 5.92 Å². The zero-order valence-corrected chi connectivity index (χ0v) is 18.9. The van der Waals surface area contributed by atoms with Gasteiger partial charge in [0.2, 0.25) is 10.0 Å². The molecule has 0 aliphatic carbocycles. The van der Waals surface area contributed by atoms with Crippen LogP contribution in [0.15, 0.2) is 29.2 Å². The lowest BCUT2D eigenvalue weighted by Gasteiger charge is -2.43. The third-order valence-electron chi connectivity index (χ3n) is 5.95. The second-order valence-electron chi connectivity index (χ2n) is 7.89. The molecule has 2 saturated heterocycles. The molecule has 7 nitrogen and oxygen atoms in total. The summed E-state index contributed by atoms with van der Waals surface area (Å²) in [5.41, 5.74) is 0.134. The van der Waals surface area contributed by atoms with Crippen molar-refractivity contribution in [2.45, 2.75) is 50.3 Å². The van der Waals surface area contributed by atoms with Crippen molar-refractivity contribution in [3.63, 3.8) is 0 Å². The zero-order valence-electron chi connectivity index (χ0n) is 17.2. The molecule has 3 rings (SSSR count). The predicted molar refractivity (Wildman–Crippen MR) is 107 cm³/mol. The fourth-order valence-corrected chi connectivity index (χ4v) is 8.97. The normalized spacial score (nSPS) is 27.8. The number of fused-ring (bicyclic) bond motifs is 1. The SMILES string of the molecule is CCOP(=O)(OCC)[C@@]12CN(S(=O)(=O)c3ccc(C)cc3)C[C@@H]1COC2(C)C. The van der Waals surface area contributed by atoms with E-state index in [9.17, 15) is 13.0 Å². The third-order valence-corrected chi connectivity index (χ3v) is 11.0. The first kappa shape index (κ1) is 21.9. The molecular formula is C19H30NO6PS. The summed E-state index contributed by atoms with van der Waals surface area (Å²) in [6.45, 7) is 10.1. The van der Waals surface area contributed by atoms with Crippen molar-refractivity contribution in [3.05, 3.63) is 29.8 Å². The van der Waals surface area contributed by atoms with Gasteiger partial charge < -0.3 is 13.8 Å². The number of rotatable bonds is 7. The average molecular weight is 431 g/mol. The van der Waals surface area contributed by atoms with E-state index < -0.39 is 28.4 Å². The highest BCUT2D eigenvalue weighted by Gasteiger charge is 2.72. The van der Waals surface area contributed by atoms with Crippen LogP contribution in [0.2, 0.25) is 0 Å². The Bertz CT molecular complexity index is 859. The Kier molecular flexibility index (Phi) is 5.87. The Morgan fingerprint density at radius 2 is 1.75 bits per heavy atom. The summed E-state index contributed by atoms with van der Waals surface area (Å²) in [7, 11) is -7.38. The van der Waals surface area contributed by atoms with E-state index in [0.29, 0.717) is 6.61 Å². The maximum Gasteiger partial charge on any atom is 0.341 e. The molecule has 9 heteroatoms. The standard InChI is InChI=1S/C19H30NO6PS/c1-6-25-27(21,26-7-2)19-14-20(12-16(19)13-24-18(19,4)5)28(22,23)17-10-8-15(3)9-11-17/h8-11,16H,6-7,12-14H2,1-5H3/t16-,19+/m1/s1. The highest BCUT2D eigenvalue weighted by molar-refractivity contribution is 7.89. The zero-order chi connectivity index (χ0) is 20.8. The van der Waals surface area contributed by atoms with Crippen LogP contribution in [0.3, 0.4) is 0 Å². The minimum atomic E-state index is -3.73. The molecule has 0 N–H and O–H groups in total. The summed E-state index contributed by atoms with van der Waals surface area (Å²) in [6.07, 6.45) is 0. The average Bonchev–Trinajstić information content (AvgIpc) is 3.14. The highest BCUT2D eigenvalue weighted by Crippen LogP contribution is 2.71. The first-order chi connectivity index (χ1) is 13.0. The number of aryl methyl sites for hydroxylation is 1. The van der Waals surface area contributed by atoms with Gasteiger partial charge >= 0.3 is 7.60 Å². The number of hydrogen-bond donors (Lipinski definition) is 0. The maximum atomic E-state index is 13.9. The summed E-state index contributed by atoms with van der Waals surface area (Å²) in [6, 6.07) is 6.77. The highest BCUT2D eigenvalue weighted by atomic mass is 32.2. The first-order valence-electron chi connectivity index (χ1n) is 9.64. The van der Waals surface area contributed by atoms with Gasteiger partial charge in [0.25, 0.3) is 0 Å². The maximum absolute atomic E-state index is 13.9. The topological polar surface area (TPSA) is 82.1 Å². The molecule has 2 heterocycles. The van der Waals surface area contributed by atoms with E-state index in [1.165, 1.54) is 4.31 Å². The Labute approximate surface area is 167 Å². The number of nitrogens with zero attached hydrogens (tertiary/aromatic N) is 1. The van der Waals surface area contributed by atoms with Crippen molar-refractivity contribution in [2.75, 3.05) is 32.9 Å². The molecule has 158 valence electrons. The molecule has 0 amide bonds. The molecule has 0 radical (unpaired) electrons. The fourth-order valence-electron chi connectivity index (χ4n) is 4.46. The Hall–Kier alpha value is -0.760. The van der Waals surface area contributed by atoms with Gasteiger partial charge in [-0.05, 0) is 46.8 Å². The van der Waals surface area contributed by atoms with Gasteiger partial charge in [0.05, 0.1) is 30.3 Å². The smallest absolute Gasteiger partial charge is 0.341 e. The Morgan fingerprint density at radius 3 is 2.29 bits per heavy atom. The third kappa shape index (κ3) is 3.18. The van der Waals surface area contributed by atoms with Crippen LogP contribution in [-0.2, 0) is 28.4 Å². The van der Waals surface area contributed by atoms with Crippen LogP contribution >= 0.6 is 7.60 Å². The van der Waals surface area contributed by atoms with E-state index in [1.54, 1.807) is 38.1 Å². The molecule has 1 aromatic rings. The number of ether oxygens (including phenoxy) is 1. The molecule has 0 spiro atoms. The minimum absolute atomic E-state index is 0.0398. The van der Waals surface area contributed by atoms with Crippen molar-refractivity contribution < 1.29 is 26.8 Å².